The number of nitrogens with two attached hydrogens (primary N) is 2. The number of carbonyl (C=O) groups is 6. The van der Waals surface area contributed by atoms with Crippen molar-refractivity contribution >= 4 is 47.4 Å². The second-order valence-electron chi connectivity index (χ2n) is 17.2. The van der Waals surface area contributed by atoms with Crippen LogP contribution in [0.4, 0.5) is 18.9 Å². The molecule has 19 heteroatoms. The molecule has 63 heavy (non-hydrogen) atoms. The third-order valence-corrected chi connectivity index (χ3v) is 8.07. The van der Waals surface area contributed by atoms with Crippen LogP contribution in [0.1, 0.15) is 129 Å². The molecule has 0 aromatic heterocycles. The highest BCUT2D eigenvalue weighted by Crippen LogP contribution is 2.39. The minimum absolute atomic E-state index is 0.0207. The second-order valence-corrected chi connectivity index (χ2v) is 17.2. The predicted octanol–water partition coefficient (Wildman–Crippen LogP) is 6.81. The van der Waals surface area contributed by atoms with E-state index in [-0.39, 0.29) is 47.3 Å². The number of aliphatic imine (C=N–C) groups is 1. The lowest BCUT2D eigenvalue weighted by Crippen LogP contribution is -2.31. The van der Waals surface area contributed by atoms with Gasteiger partial charge in [0.25, 0.3) is 5.91 Å². The molecular weight excluding hydrogens is 833 g/mol. The number of rotatable bonds is 9. The van der Waals surface area contributed by atoms with Crippen LogP contribution < -0.4 is 26.3 Å². The summed E-state index contributed by atoms with van der Waals surface area (Å²) in [6.07, 6.45) is -4.73. The summed E-state index contributed by atoms with van der Waals surface area (Å²) in [4.78, 5) is 80.8. The van der Waals surface area contributed by atoms with E-state index in [1.165, 1.54) is 18.2 Å². The van der Waals surface area contributed by atoms with Crippen LogP contribution in [0.25, 0.3) is 0 Å². The summed E-state index contributed by atoms with van der Waals surface area (Å²) in [5, 5.41) is 9.97. The topological polar surface area (TPSA) is 245 Å². The van der Waals surface area contributed by atoms with E-state index < -0.39 is 71.1 Å². The van der Waals surface area contributed by atoms with Crippen molar-refractivity contribution in [1.29, 1.82) is 0 Å². The number of halogens is 3. The maximum Gasteiger partial charge on any atom is 0.490 e. The van der Waals surface area contributed by atoms with E-state index in [1.54, 1.807) is 98.7 Å². The predicted molar refractivity (Wildman–Crippen MR) is 223 cm³/mol. The third kappa shape index (κ3) is 16.6. The van der Waals surface area contributed by atoms with Crippen LogP contribution in [-0.4, -0.2) is 76.4 Å². The molecule has 0 aliphatic carbocycles. The molecule has 3 aromatic rings. The lowest BCUT2D eigenvalue weighted by Gasteiger charge is -2.26. The van der Waals surface area contributed by atoms with Gasteiger partial charge in [-0.25, -0.2) is 19.4 Å². The molecule has 0 spiro atoms. The first-order chi connectivity index (χ1) is 28.9. The lowest BCUT2D eigenvalue weighted by atomic mass is 9.92. The zero-order valence-corrected chi connectivity index (χ0v) is 36.5. The maximum atomic E-state index is 14.2. The van der Waals surface area contributed by atoms with Crippen LogP contribution in [0, 0.1) is 0 Å². The minimum Gasteiger partial charge on any atom is -0.489 e. The Morgan fingerprint density at radius 1 is 0.857 bits per heavy atom. The van der Waals surface area contributed by atoms with Gasteiger partial charge in [-0.1, -0.05) is 12.1 Å². The molecule has 1 atom stereocenters. The molecule has 3 aromatic carbocycles. The largest absolute Gasteiger partial charge is 0.490 e. The Morgan fingerprint density at radius 3 is 2.05 bits per heavy atom. The fourth-order valence-electron chi connectivity index (χ4n) is 5.70. The number of carboxylic acids is 1. The van der Waals surface area contributed by atoms with Crippen LogP contribution in [0.2, 0.25) is 0 Å². The molecular formula is C44H53F3N4O12. The van der Waals surface area contributed by atoms with Crippen molar-refractivity contribution in [3.05, 3.63) is 88.0 Å². The van der Waals surface area contributed by atoms with E-state index in [2.05, 4.69) is 10.3 Å². The first-order valence-corrected chi connectivity index (χ1v) is 19.5. The number of amides is 1. The van der Waals surface area contributed by atoms with E-state index >= 15 is 0 Å². The number of carbonyl (C=O) groups excluding carboxylic acids is 5. The third-order valence-electron chi connectivity index (χ3n) is 8.07. The molecule has 0 fully saturated rings. The molecule has 16 nitrogen and oxygen atoms in total. The highest BCUT2D eigenvalue weighted by Gasteiger charge is 2.38. The Morgan fingerprint density at radius 2 is 1.48 bits per heavy atom. The lowest BCUT2D eigenvalue weighted by molar-refractivity contribution is -0.192. The van der Waals surface area contributed by atoms with Gasteiger partial charge in [0.05, 0.1) is 41.3 Å². The molecule has 6 N–H and O–H groups in total. The Bertz CT molecular complexity index is 2230. The molecule has 0 unspecified atom stereocenters. The number of hydrogen-bond donors (Lipinski definition) is 4. The van der Waals surface area contributed by atoms with Crippen LogP contribution in [-0.2, 0) is 41.6 Å². The number of carboxylic acid groups (broad SMARTS) is 1. The van der Waals surface area contributed by atoms with Crippen molar-refractivity contribution in [2.75, 3.05) is 6.61 Å². The highest BCUT2D eigenvalue weighted by molar-refractivity contribution is 6.00. The van der Waals surface area contributed by atoms with E-state index in [0.717, 1.165) is 0 Å². The summed E-state index contributed by atoms with van der Waals surface area (Å²) >= 11 is 0. The van der Waals surface area contributed by atoms with Crippen LogP contribution in [0.15, 0.2) is 59.6 Å². The van der Waals surface area contributed by atoms with Crippen molar-refractivity contribution in [3.63, 3.8) is 0 Å². The number of benzene rings is 3. The molecule has 0 saturated heterocycles. The molecule has 1 amide bonds. The summed E-state index contributed by atoms with van der Waals surface area (Å²) in [6, 6.07) is 14.2. The van der Waals surface area contributed by atoms with Gasteiger partial charge < -0.3 is 45.6 Å². The van der Waals surface area contributed by atoms with Crippen LogP contribution in [0.5, 0.6) is 11.5 Å². The number of esters is 4. The fourth-order valence-corrected chi connectivity index (χ4v) is 5.70. The Labute approximate surface area is 362 Å². The SMILES string of the molecule is CC(C)(C)OC(=O)C[C@H](C(=O)OC(C)(C)C)c1cc2c(c(C(=O)NCc3cccc(C(=O)OC(C)(C)C)c3)c1)OCCCc1cc(N=C(N)N)ccc1C(=O)O2.O=C(O)C(F)(F)F. The molecule has 0 saturated carbocycles. The summed E-state index contributed by atoms with van der Waals surface area (Å²) in [7, 11) is 0. The van der Waals surface area contributed by atoms with Gasteiger partial charge in [-0.3, -0.25) is 14.4 Å². The van der Waals surface area contributed by atoms with Crippen LogP contribution >= 0.6 is 0 Å². The number of ether oxygens (including phenoxy) is 5. The van der Waals surface area contributed by atoms with Crippen molar-refractivity contribution in [2.45, 2.75) is 117 Å². The van der Waals surface area contributed by atoms with Gasteiger partial charge in [-0.2, -0.15) is 13.2 Å². The summed E-state index contributed by atoms with van der Waals surface area (Å²) in [6.45, 7) is 15.5. The number of guanidine groups is 1. The number of hydrogen-bond acceptors (Lipinski definition) is 12. The maximum absolute atomic E-state index is 14.2. The zero-order valence-electron chi connectivity index (χ0n) is 36.5. The standard InChI is InChI=1S/C42H52N4O10.C2HF3O2/c1-40(2,3)54-33(47)22-30(38(51)56-42(7,8)9)27-20-31(35(48)45-23-24-12-10-13-26(18-24)36(49)55-41(4,5)6)34-32(21-27)53-37(50)29-16-15-28(46-39(43)44)19-25(29)14-11-17-52-34;3-2(4,5)1(6)7/h10,12-13,15-16,18-21,30H,11,14,17,22-23H2,1-9H3,(H,45,48)(H4,43,44,46);(H,6,7)/t30-;/m0./s1. The summed E-state index contributed by atoms with van der Waals surface area (Å²) < 4.78 is 60.7. The monoisotopic (exact) mass is 886 g/mol. The molecule has 1 aliphatic rings. The van der Waals surface area contributed by atoms with Gasteiger partial charge in [-0.15, -0.1) is 0 Å². The second kappa shape index (κ2) is 20.5. The average molecular weight is 887 g/mol. The van der Waals surface area contributed by atoms with Gasteiger partial charge in [0, 0.05) is 6.54 Å². The normalized spacial score (nSPS) is 13.4. The van der Waals surface area contributed by atoms with Crippen molar-refractivity contribution in [2.24, 2.45) is 16.5 Å². The van der Waals surface area contributed by atoms with E-state index in [1.807, 2.05) is 0 Å². The minimum atomic E-state index is -5.08. The number of fused-ring (bicyclic) bond motifs is 2. The number of nitrogens with one attached hydrogen (secondary N) is 1. The fraction of sp³-hybridized carbons (Fsp3) is 0.432. The van der Waals surface area contributed by atoms with Crippen LogP contribution in [0.3, 0.4) is 0 Å². The Hall–Kier alpha value is -6.66. The first kappa shape index (κ1) is 50.7. The smallest absolute Gasteiger partial charge is 0.489 e. The number of aliphatic carboxylic acids is 1. The molecule has 0 bridgehead atoms. The van der Waals surface area contributed by atoms with Gasteiger partial charge in [-0.05, 0) is 134 Å². The number of nitrogens with zero attached hydrogens (tertiary/aromatic N) is 1. The Kier molecular flexibility index (Phi) is 16.5. The van der Waals surface area contributed by atoms with Gasteiger partial charge in [0.1, 0.15) is 16.8 Å². The zero-order chi connectivity index (χ0) is 47.7. The molecule has 1 heterocycles. The first-order valence-electron chi connectivity index (χ1n) is 19.5. The van der Waals surface area contributed by atoms with Gasteiger partial charge in [0.2, 0.25) is 0 Å². The van der Waals surface area contributed by atoms with Crippen molar-refractivity contribution in [1.82, 2.24) is 5.32 Å². The summed E-state index contributed by atoms with van der Waals surface area (Å²) in [5.41, 5.74) is 10.9. The molecule has 4 rings (SSSR count). The van der Waals surface area contributed by atoms with E-state index in [0.29, 0.717) is 35.2 Å². The number of aryl methyl sites for hydroxylation is 1. The summed E-state index contributed by atoms with van der Waals surface area (Å²) in [5.74, 6) is -7.80. The molecule has 0 radical (unpaired) electrons. The highest BCUT2D eigenvalue weighted by atomic mass is 19.4. The van der Waals surface area contributed by atoms with Crippen molar-refractivity contribution < 1.29 is 70.7 Å². The van der Waals surface area contributed by atoms with E-state index in [4.69, 9.17) is 45.1 Å². The molecule has 342 valence electrons. The Balaban J connectivity index is 0.00000139. The molecule has 1 aliphatic heterocycles. The van der Waals surface area contributed by atoms with E-state index in [9.17, 15) is 37.1 Å². The van der Waals surface area contributed by atoms with Crippen molar-refractivity contribution in [3.8, 4) is 11.5 Å². The van der Waals surface area contributed by atoms with Gasteiger partial charge >= 0.3 is 36.0 Å². The van der Waals surface area contributed by atoms with Gasteiger partial charge in [0.15, 0.2) is 17.5 Å². The number of alkyl halides is 3. The average Bonchev–Trinajstić information content (AvgIpc) is 3.12. The quantitative estimate of drug-likeness (QED) is 0.0567.